The first kappa shape index (κ1) is 4.67. The number of nitrogens with one attached hydrogen (secondary N) is 1. The van der Waals surface area contributed by atoms with Gasteiger partial charge in [-0.15, -0.1) is 0 Å². The van der Waals surface area contributed by atoms with Crippen molar-refractivity contribution in [2.24, 2.45) is 0 Å². The third kappa shape index (κ3) is 1.38. The van der Waals surface area contributed by atoms with E-state index in [-0.39, 0.29) is 11.3 Å². The van der Waals surface area contributed by atoms with E-state index in [9.17, 15) is 10.2 Å². The van der Waals surface area contributed by atoms with E-state index in [4.69, 9.17) is 5.48 Å². The van der Waals surface area contributed by atoms with Gasteiger partial charge < -0.3 is 15.2 Å². The molecule has 0 amide bonds. The molecule has 0 aliphatic carbocycles. The van der Waals surface area contributed by atoms with Crippen LogP contribution in [0.25, 0.3) is 10.9 Å². The first-order chi connectivity index (χ1) is 7.73. The van der Waals surface area contributed by atoms with Crippen molar-refractivity contribution in [3.8, 4) is 5.75 Å². The van der Waals surface area contributed by atoms with E-state index in [2.05, 4.69) is 4.98 Å². The van der Waals surface area contributed by atoms with Gasteiger partial charge in [-0.05, 0) is 30.1 Å². The molecule has 0 unspecified atom stereocenters. The van der Waals surface area contributed by atoms with Gasteiger partial charge in [-0.25, -0.2) is 0 Å². The summed E-state index contributed by atoms with van der Waals surface area (Å²) in [6, 6.07) is 4.31. The molecule has 3 N–H and O–H groups in total. The number of phenols is 1. The van der Waals surface area contributed by atoms with Crippen molar-refractivity contribution >= 4 is 10.9 Å². The summed E-state index contributed by atoms with van der Waals surface area (Å²) in [4.78, 5) is 2.76. The van der Waals surface area contributed by atoms with E-state index in [1.165, 1.54) is 18.3 Å². The Hall–Kier alpha value is -1.48. The van der Waals surface area contributed by atoms with Crippen LogP contribution in [0.4, 0.5) is 0 Å². The molecule has 0 radical (unpaired) electrons. The van der Waals surface area contributed by atoms with E-state index >= 15 is 0 Å². The summed E-state index contributed by atoms with van der Waals surface area (Å²) in [6.07, 6.45) is -1.28. The van der Waals surface area contributed by atoms with Crippen molar-refractivity contribution < 1.29 is 15.7 Å². The molecule has 0 saturated carbocycles. The highest BCUT2D eigenvalue weighted by Crippen LogP contribution is 2.22. The van der Waals surface area contributed by atoms with Gasteiger partial charge in [-0.1, -0.05) is 0 Å². The largest absolute Gasteiger partial charge is 0.508 e. The van der Waals surface area contributed by atoms with Crippen LogP contribution in [-0.4, -0.2) is 21.8 Å². The fourth-order valence-corrected chi connectivity index (χ4v) is 1.27. The molecule has 2 aromatic rings. The Morgan fingerprint density at radius 1 is 1.46 bits per heavy atom. The maximum atomic E-state index is 9.35. The van der Waals surface area contributed by atoms with E-state index in [0.29, 0.717) is 10.9 Å². The number of hydrogen-bond donors (Lipinski definition) is 3. The van der Waals surface area contributed by atoms with E-state index in [1.54, 1.807) is 6.07 Å². The smallest absolute Gasteiger partial charge is 0.116 e. The molecule has 2 rings (SSSR count). The lowest BCUT2D eigenvalue weighted by molar-refractivity contribution is 0.300. The third-order valence-corrected chi connectivity index (χ3v) is 1.86. The predicted octanol–water partition coefficient (Wildman–Crippen LogP) is 1.41. The number of aliphatic hydroxyl groups is 1. The number of H-pyrrole nitrogens is 1. The van der Waals surface area contributed by atoms with Gasteiger partial charge in [0.1, 0.15) is 5.75 Å². The van der Waals surface area contributed by atoms with Gasteiger partial charge in [0.15, 0.2) is 0 Å². The zero-order valence-electron chi connectivity index (χ0n) is 10.7. The number of benzene rings is 1. The maximum Gasteiger partial charge on any atom is 0.116 e. The molecule has 1 aromatic carbocycles. The summed E-state index contributed by atoms with van der Waals surface area (Å²) in [7, 11) is 0. The fourth-order valence-electron chi connectivity index (χ4n) is 1.27. The van der Waals surface area contributed by atoms with Gasteiger partial charge >= 0.3 is 0 Å². The number of aromatic nitrogens is 1. The third-order valence-electron chi connectivity index (χ3n) is 1.86. The molecule has 68 valence electrons. The van der Waals surface area contributed by atoms with Gasteiger partial charge in [0.25, 0.3) is 0 Å². The lowest BCUT2D eigenvalue weighted by Gasteiger charge is -1.96. The Balaban J connectivity index is 2.68. The minimum absolute atomic E-state index is 0.0316. The van der Waals surface area contributed by atoms with Gasteiger partial charge in [0, 0.05) is 26.4 Å². The number of aryl methyl sites for hydroxylation is 1. The monoisotopic (exact) mass is 181 g/mol. The van der Waals surface area contributed by atoms with Crippen LogP contribution in [0.3, 0.4) is 0 Å². The van der Waals surface area contributed by atoms with Crippen molar-refractivity contribution in [2.75, 3.05) is 6.56 Å². The molecule has 0 aliphatic rings. The van der Waals surface area contributed by atoms with Crippen LogP contribution >= 0.6 is 0 Å². The molecular formula is C10H11NO2. The minimum atomic E-state index is -3.01. The summed E-state index contributed by atoms with van der Waals surface area (Å²) < 4.78 is 29.5. The van der Waals surface area contributed by atoms with Crippen LogP contribution in [0.2, 0.25) is 0 Å². The molecule has 0 saturated heterocycles. The fraction of sp³-hybridized carbons (Fsp3) is 0.200. The minimum Gasteiger partial charge on any atom is -0.508 e. The van der Waals surface area contributed by atoms with Gasteiger partial charge in [0.2, 0.25) is 0 Å². The SMILES string of the molecule is [2H]C([2H])(O)C([2H])([2H])c1c[nH]c2ccc(O)cc12. The zero-order valence-corrected chi connectivity index (χ0v) is 6.70. The molecule has 0 spiro atoms. The van der Waals surface area contributed by atoms with Crippen molar-refractivity contribution in [2.45, 2.75) is 6.37 Å². The zero-order chi connectivity index (χ0) is 12.8. The molecule has 0 bridgehead atoms. The highest BCUT2D eigenvalue weighted by molar-refractivity contribution is 5.84. The molecule has 13 heavy (non-hydrogen) atoms. The number of aromatic hydroxyl groups is 1. The molecule has 3 nitrogen and oxygen atoms in total. The predicted molar refractivity (Wildman–Crippen MR) is 50.8 cm³/mol. The van der Waals surface area contributed by atoms with Crippen LogP contribution in [-0.2, 0) is 6.37 Å². The van der Waals surface area contributed by atoms with Gasteiger partial charge in [-0.2, -0.15) is 0 Å². The Kier molecular flexibility index (Phi) is 1.12. The Morgan fingerprint density at radius 3 is 3.08 bits per heavy atom. The van der Waals surface area contributed by atoms with Crippen LogP contribution < -0.4 is 0 Å². The first-order valence-corrected chi connectivity index (χ1v) is 3.76. The number of rotatable bonds is 2. The van der Waals surface area contributed by atoms with Crippen LogP contribution in [0.5, 0.6) is 5.75 Å². The first-order valence-electron chi connectivity index (χ1n) is 5.76. The van der Waals surface area contributed by atoms with Crippen LogP contribution in [0.1, 0.15) is 11.0 Å². The molecule has 3 heteroatoms. The van der Waals surface area contributed by atoms with Crippen molar-refractivity contribution in [1.82, 2.24) is 4.98 Å². The van der Waals surface area contributed by atoms with Gasteiger partial charge in [0.05, 0.1) is 2.74 Å². The molecule has 1 heterocycles. The van der Waals surface area contributed by atoms with E-state index < -0.39 is 12.9 Å². The number of phenolic OH excluding ortho intramolecular Hbond substituents is 1. The normalized spacial score (nSPS) is 17.6. The molecule has 0 atom stereocenters. The number of hydrogen-bond acceptors (Lipinski definition) is 2. The second kappa shape index (κ2) is 3.11. The van der Waals surface area contributed by atoms with Gasteiger partial charge in [-0.3, -0.25) is 0 Å². The lowest BCUT2D eigenvalue weighted by atomic mass is 10.1. The summed E-state index contributed by atoms with van der Waals surface area (Å²) in [6.45, 7) is -3.01. The average Bonchev–Trinajstić information content (AvgIpc) is 2.58. The second-order valence-electron chi connectivity index (χ2n) is 2.67. The lowest BCUT2D eigenvalue weighted by Crippen LogP contribution is -1.87. The summed E-state index contributed by atoms with van der Waals surface area (Å²) in [5.41, 5.74) is 0.529. The van der Waals surface area contributed by atoms with E-state index in [1.807, 2.05) is 0 Å². The number of aromatic amines is 1. The summed E-state index contributed by atoms with van der Waals surface area (Å²) >= 11 is 0. The van der Waals surface area contributed by atoms with Crippen LogP contribution in [0.15, 0.2) is 24.4 Å². The highest BCUT2D eigenvalue weighted by Gasteiger charge is 2.02. The molecule has 1 aromatic heterocycles. The second-order valence-corrected chi connectivity index (χ2v) is 2.67. The standard InChI is InChI=1S/C10H11NO2/c12-4-3-7-6-11-10-2-1-8(13)5-9(7)10/h1-2,5-6,11-13H,3-4H2/i3D2,4D2. The summed E-state index contributed by atoms with van der Waals surface area (Å²) in [5, 5.41) is 18.9. The molecule has 0 fully saturated rings. The summed E-state index contributed by atoms with van der Waals surface area (Å²) in [5.74, 6) is -0.0485. The average molecular weight is 181 g/mol. The Labute approximate surface area is 81.3 Å². The molecule has 0 aliphatic heterocycles. The van der Waals surface area contributed by atoms with Crippen molar-refractivity contribution in [1.29, 1.82) is 0 Å². The Morgan fingerprint density at radius 2 is 2.31 bits per heavy atom. The maximum absolute atomic E-state index is 9.35. The topological polar surface area (TPSA) is 56.2 Å². The number of fused-ring (bicyclic) bond motifs is 1. The van der Waals surface area contributed by atoms with Crippen LogP contribution in [0, 0.1) is 0 Å². The van der Waals surface area contributed by atoms with Crippen molar-refractivity contribution in [3.05, 3.63) is 30.0 Å². The quantitative estimate of drug-likeness (QED) is 0.656. The molecular weight excluding hydrogens is 166 g/mol. The van der Waals surface area contributed by atoms with E-state index in [0.717, 1.165) is 0 Å². The van der Waals surface area contributed by atoms with Crippen molar-refractivity contribution in [3.63, 3.8) is 0 Å². The Bertz CT molecular complexity index is 559. The highest BCUT2D eigenvalue weighted by atomic mass is 16.3.